The summed E-state index contributed by atoms with van der Waals surface area (Å²) in [5.41, 5.74) is 0. The Kier molecular flexibility index (Phi) is 3.86. The van der Waals surface area contributed by atoms with E-state index in [2.05, 4.69) is 0 Å². The second-order valence-corrected chi connectivity index (χ2v) is 5.39. The molecule has 90 valence electrons. The van der Waals surface area contributed by atoms with Crippen molar-refractivity contribution in [2.45, 2.75) is 37.5 Å². The number of rotatable bonds is 4. The molecule has 0 N–H and O–H groups in total. The molecule has 0 aromatic carbocycles. The molecule has 7 heteroatoms. The van der Waals surface area contributed by atoms with Crippen molar-refractivity contribution in [3.8, 4) is 6.07 Å². The fourth-order valence-electron chi connectivity index (χ4n) is 1.82. The zero-order chi connectivity index (χ0) is 12.3. The number of carbonyl (C=O) groups excluding carboxylic acids is 1. The van der Waals surface area contributed by atoms with Crippen molar-refractivity contribution in [2.24, 2.45) is 0 Å². The van der Waals surface area contributed by atoms with Gasteiger partial charge in [-0.25, -0.2) is 0 Å². The molecule has 0 aliphatic carbocycles. The van der Waals surface area contributed by atoms with Gasteiger partial charge in [-0.3, -0.25) is 4.79 Å². The molecule has 2 unspecified atom stereocenters. The van der Waals surface area contributed by atoms with E-state index >= 15 is 0 Å². The van der Waals surface area contributed by atoms with Gasteiger partial charge in [0.1, 0.15) is 5.25 Å². The molecule has 0 aromatic rings. The Bertz CT molecular complexity index is 415. The minimum absolute atomic E-state index is 0.140. The number of hydrogen-bond donors (Lipinski definition) is 0. The van der Waals surface area contributed by atoms with Gasteiger partial charge in [0.05, 0.1) is 12.5 Å². The Morgan fingerprint density at radius 3 is 2.69 bits per heavy atom. The van der Waals surface area contributed by atoms with Crippen LogP contribution in [-0.4, -0.2) is 37.1 Å². The molecule has 1 aliphatic heterocycles. The predicted octanol–water partition coefficient (Wildman–Crippen LogP) is 0.579. The zero-order valence-corrected chi connectivity index (χ0v) is 9.71. The Morgan fingerprint density at radius 1 is 1.69 bits per heavy atom. The van der Waals surface area contributed by atoms with Gasteiger partial charge in [0.25, 0.3) is 0 Å². The van der Waals surface area contributed by atoms with E-state index in [1.165, 1.54) is 4.90 Å². The fraction of sp³-hybridized carbons (Fsp3) is 0.778. The summed E-state index contributed by atoms with van der Waals surface area (Å²) in [5, 5.41) is 7.29. The van der Waals surface area contributed by atoms with Crippen molar-refractivity contribution in [1.29, 1.82) is 5.26 Å². The molecule has 0 saturated carbocycles. The maximum Gasteiger partial charge on any atom is 0.307 e. The number of nitriles is 1. The summed E-state index contributed by atoms with van der Waals surface area (Å²) in [4.78, 5) is 12.8. The van der Waals surface area contributed by atoms with Crippen LogP contribution in [0.15, 0.2) is 0 Å². The van der Waals surface area contributed by atoms with Gasteiger partial charge in [0.2, 0.25) is 5.91 Å². The maximum atomic E-state index is 12.7. The summed E-state index contributed by atoms with van der Waals surface area (Å²) in [5.74, 6) is -0.395. The largest absolute Gasteiger partial charge is 0.337 e. The smallest absolute Gasteiger partial charge is 0.307 e. The van der Waals surface area contributed by atoms with Crippen molar-refractivity contribution in [3.63, 3.8) is 0 Å². The van der Waals surface area contributed by atoms with E-state index < -0.39 is 21.4 Å². The van der Waals surface area contributed by atoms with Gasteiger partial charge in [0, 0.05) is 19.0 Å². The highest BCUT2D eigenvalue weighted by Gasteiger charge is 2.40. The van der Waals surface area contributed by atoms with E-state index in [9.17, 15) is 17.1 Å². The second-order valence-electron chi connectivity index (χ2n) is 3.77. The molecule has 2 atom stereocenters. The van der Waals surface area contributed by atoms with Gasteiger partial charge in [0.15, 0.2) is 0 Å². The van der Waals surface area contributed by atoms with Gasteiger partial charge in [-0.15, -0.1) is 3.89 Å². The molecule has 1 heterocycles. The van der Waals surface area contributed by atoms with Crippen molar-refractivity contribution < 1.29 is 17.1 Å². The third-order valence-corrected chi connectivity index (χ3v) is 3.87. The first-order valence-corrected chi connectivity index (χ1v) is 6.44. The van der Waals surface area contributed by atoms with Crippen molar-refractivity contribution in [2.75, 3.05) is 6.54 Å². The predicted molar refractivity (Wildman–Crippen MR) is 54.5 cm³/mol. The number of amides is 1. The average Bonchev–Trinajstić information content (AvgIpc) is 2.56. The monoisotopic (exact) mass is 248 g/mol. The highest BCUT2D eigenvalue weighted by Crippen LogP contribution is 2.23. The Morgan fingerprint density at radius 2 is 2.31 bits per heavy atom. The lowest BCUT2D eigenvalue weighted by molar-refractivity contribution is -0.129. The van der Waals surface area contributed by atoms with Crippen LogP contribution in [0.2, 0.25) is 0 Å². The molecule has 1 rings (SSSR count). The molecule has 0 radical (unpaired) electrons. The third kappa shape index (κ3) is 2.70. The van der Waals surface area contributed by atoms with E-state index in [0.29, 0.717) is 6.42 Å². The number of likely N-dealkylation sites (tertiary alicyclic amines) is 1. The van der Waals surface area contributed by atoms with Gasteiger partial charge in [-0.1, -0.05) is 6.92 Å². The van der Waals surface area contributed by atoms with Gasteiger partial charge in [-0.05, 0) is 6.42 Å². The SMILES string of the molecule is CCC(CC#N)N1CC(S(=O)(=O)F)CC1=O. The van der Waals surface area contributed by atoms with E-state index in [1.54, 1.807) is 6.92 Å². The summed E-state index contributed by atoms with van der Waals surface area (Å²) in [7, 11) is -4.67. The summed E-state index contributed by atoms with van der Waals surface area (Å²) in [6.45, 7) is 1.66. The minimum Gasteiger partial charge on any atom is -0.337 e. The number of halogens is 1. The quantitative estimate of drug-likeness (QED) is 0.682. The molecule has 0 aromatic heterocycles. The first-order chi connectivity index (χ1) is 7.40. The average molecular weight is 248 g/mol. The third-order valence-electron chi connectivity index (χ3n) is 2.76. The Balaban J connectivity index is 2.79. The van der Waals surface area contributed by atoms with Crippen molar-refractivity contribution in [3.05, 3.63) is 0 Å². The highest BCUT2D eigenvalue weighted by molar-refractivity contribution is 7.87. The lowest BCUT2D eigenvalue weighted by Crippen LogP contribution is -2.36. The molecular weight excluding hydrogens is 235 g/mol. The topological polar surface area (TPSA) is 78.2 Å². The van der Waals surface area contributed by atoms with Crippen LogP contribution in [0.5, 0.6) is 0 Å². The molecule has 0 bridgehead atoms. The minimum atomic E-state index is -4.67. The molecule has 1 amide bonds. The zero-order valence-electron chi connectivity index (χ0n) is 8.89. The molecule has 1 aliphatic rings. The fourth-order valence-corrected chi connectivity index (χ4v) is 2.50. The summed E-state index contributed by atoms with van der Waals surface area (Å²) >= 11 is 0. The van der Waals surface area contributed by atoms with Crippen LogP contribution in [-0.2, 0) is 15.0 Å². The van der Waals surface area contributed by atoms with E-state index in [-0.39, 0.29) is 25.4 Å². The van der Waals surface area contributed by atoms with Crippen LogP contribution in [0.4, 0.5) is 3.89 Å². The highest BCUT2D eigenvalue weighted by atomic mass is 32.3. The van der Waals surface area contributed by atoms with E-state index in [0.717, 1.165) is 0 Å². The first kappa shape index (κ1) is 12.9. The normalized spacial score (nSPS) is 23.2. The summed E-state index contributed by atoms with van der Waals surface area (Å²) in [6.07, 6.45) is 0.375. The standard InChI is InChI=1S/C9H13FN2O3S/c1-2-7(3-4-11)12-6-8(5-9(12)13)16(10,14)15/h7-8H,2-3,5-6H2,1H3. The van der Waals surface area contributed by atoms with E-state index in [1.807, 2.05) is 6.07 Å². The van der Waals surface area contributed by atoms with Gasteiger partial charge >= 0.3 is 10.2 Å². The van der Waals surface area contributed by atoms with Crippen molar-refractivity contribution >= 4 is 16.1 Å². The second kappa shape index (κ2) is 4.78. The van der Waals surface area contributed by atoms with E-state index in [4.69, 9.17) is 5.26 Å². The van der Waals surface area contributed by atoms with Crippen LogP contribution >= 0.6 is 0 Å². The molecule has 0 spiro atoms. The Hall–Kier alpha value is -1.16. The van der Waals surface area contributed by atoms with Crippen LogP contribution in [0, 0.1) is 11.3 Å². The van der Waals surface area contributed by atoms with Crippen molar-refractivity contribution in [1.82, 2.24) is 4.90 Å². The number of hydrogen-bond acceptors (Lipinski definition) is 4. The number of nitrogens with zero attached hydrogens (tertiary/aromatic N) is 2. The molecule has 1 fully saturated rings. The molecule has 16 heavy (non-hydrogen) atoms. The molecule has 5 nitrogen and oxygen atoms in total. The summed E-state index contributed by atoms with van der Waals surface area (Å²) < 4.78 is 34.1. The van der Waals surface area contributed by atoms with Crippen LogP contribution < -0.4 is 0 Å². The Labute approximate surface area is 94.1 Å². The van der Waals surface area contributed by atoms with Crippen LogP contribution in [0.25, 0.3) is 0 Å². The van der Waals surface area contributed by atoms with Gasteiger partial charge in [-0.2, -0.15) is 13.7 Å². The molecule has 1 saturated heterocycles. The van der Waals surface area contributed by atoms with Gasteiger partial charge < -0.3 is 4.90 Å². The first-order valence-electron chi connectivity index (χ1n) is 5.00. The van der Waals surface area contributed by atoms with Crippen LogP contribution in [0.1, 0.15) is 26.2 Å². The van der Waals surface area contributed by atoms with Crippen LogP contribution in [0.3, 0.4) is 0 Å². The number of carbonyl (C=O) groups is 1. The lowest BCUT2D eigenvalue weighted by Gasteiger charge is -2.24. The maximum absolute atomic E-state index is 12.7. The lowest BCUT2D eigenvalue weighted by atomic mass is 10.1. The summed E-state index contributed by atoms with van der Waals surface area (Å²) in [6, 6.07) is 1.62. The molecular formula is C9H13FN2O3S.